The molecule has 96 valence electrons. The first-order chi connectivity index (χ1) is 8.61. The van der Waals surface area contributed by atoms with Gasteiger partial charge in [0.1, 0.15) is 11.6 Å². The fourth-order valence-corrected chi connectivity index (χ4v) is 2.36. The lowest BCUT2D eigenvalue weighted by Crippen LogP contribution is -2.19. The molecule has 1 N–H and O–H groups in total. The van der Waals surface area contributed by atoms with Crippen molar-refractivity contribution in [3.05, 3.63) is 57.7 Å². The summed E-state index contributed by atoms with van der Waals surface area (Å²) in [6.45, 7) is 1.91. The van der Waals surface area contributed by atoms with Crippen LogP contribution in [0, 0.1) is 12.7 Å². The minimum atomic E-state index is -0.189. The van der Waals surface area contributed by atoms with Gasteiger partial charge in [-0.15, -0.1) is 0 Å². The van der Waals surface area contributed by atoms with Crippen molar-refractivity contribution in [3.8, 4) is 0 Å². The van der Waals surface area contributed by atoms with Gasteiger partial charge in [-0.3, -0.25) is 0 Å². The first-order valence-electron chi connectivity index (χ1n) is 5.77. The number of nitrogens with one attached hydrogen (secondary N) is 1. The Bertz CT molecular complexity index is 538. The van der Waals surface area contributed by atoms with E-state index in [0.717, 1.165) is 15.8 Å². The van der Waals surface area contributed by atoms with Gasteiger partial charge in [0.2, 0.25) is 0 Å². The van der Waals surface area contributed by atoms with E-state index in [1.807, 2.05) is 26.1 Å². The number of likely N-dealkylation sites (N-methyl/N-ethyl adjacent to an activating group) is 1. The van der Waals surface area contributed by atoms with E-state index in [2.05, 4.69) is 21.2 Å². The van der Waals surface area contributed by atoms with E-state index in [0.29, 0.717) is 12.0 Å². The van der Waals surface area contributed by atoms with Crippen LogP contribution in [-0.2, 0) is 6.42 Å². The highest BCUT2D eigenvalue weighted by Crippen LogP contribution is 2.24. The SMILES string of the molecule is CNC(Cc1ccc(Br)cc1F)c1ccoc1C. The number of furan rings is 1. The van der Waals surface area contributed by atoms with Crippen LogP contribution in [0.3, 0.4) is 0 Å². The van der Waals surface area contributed by atoms with Crippen LogP contribution >= 0.6 is 15.9 Å². The molecule has 4 heteroatoms. The molecule has 1 heterocycles. The van der Waals surface area contributed by atoms with Crippen LogP contribution in [0.1, 0.15) is 22.9 Å². The van der Waals surface area contributed by atoms with Crippen LogP contribution in [0.4, 0.5) is 4.39 Å². The summed E-state index contributed by atoms with van der Waals surface area (Å²) in [7, 11) is 1.87. The summed E-state index contributed by atoms with van der Waals surface area (Å²) in [5.41, 5.74) is 1.76. The number of benzene rings is 1. The van der Waals surface area contributed by atoms with E-state index in [1.54, 1.807) is 12.3 Å². The number of hydrogen-bond donors (Lipinski definition) is 1. The molecule has 0 fully saturated rings. The van der Waals surface area contributed by atoms with Crippen LogP contribution in [0.2, 0.25) is 0 Å². The molecule has 0 radical (unpaired) electrons. The largest absolute Gasteiger partial charge is 0.469 e. The van der Waals surface area contributed by atoms with Crippen LogP contribution in [0.25, 0.3) is 0 Å². The number of aryl methyl sites for hydroxylation is 1. The summed E-state index contributed by atoms with van der Waals surface area (Å²) in [6, 6.07) is 7.13. The predicted molar refractivity (Wildman–Crippen MR) is 73.0 cm³/mol. The van der Waals surface area contributed by atoms with Crippen LogP contribution < -0.4 is 5.32 Å². The fraction of sp³-hybridized carbons (Fsp3) is 0.286. The highest BCUT2D eigenvalue weighted by atomic mass is 79.9. The van der Waals surface area contributed by atoms with Gasteiger partial charge in [0.15, 0.2) is 0 Å². The van der Waals surface area contributed by atoms with Crippen molar-refractivity contribution in [2.24, 2.45) is 0 Å². The molecular weight excluding hydrogens is 297 g/mol. The van der Waals surface area contributed by atoms with E-state index in [9.17, 15) is 4.39 Å². The van der Waals surface area contributed by atoms with Crippen LogP contribution in [0.15, 0.2) is 39.4 Å². The van der Waals surface area contributed by atoms with Crippen molar-refractivity contribution >= 4 is 15.9 Å². The maximum Gasteiger partial charge on any atom is 0.127 e. The van der Waals surface area contributed by atoms with Crippen molar-refractivity contribution < 1.29 is 8.81 Å². The first kappa shape index (κ1) is 13.3. The smallest absolute Gasteiger partial charge is 0.127 e. The number of hydrogen-bond acceptors (Lipinski definition) is 2. The molecule has 0 amide bonds. The maximum absolute atomic E-state index is 13.8. The average Bonchev–Trinajstić information content (AvgIpc) is 2.75. The highest BCUT2D eigenvalue weighted by Gasteiger charge is 2.16. The zero-order valence-electron chi connectivity index (χ0n) is 10.3. The summed E-state index contributed by atoms with van der Waals surface area (Å²) in [4.78, 5) is 0. The third-order valence-corrected chi connectivity index (χ3v) is 3.56. The molecule has 18 heavy (non-hydrogen) atoms. The van der Waals surface area contributed by atoms with Gasteiger partial charge in [0.25, 0.3) is 0 Å². The topological polar surface area (TPSA) is 25.2 Å². The molecule has 0 aliphatic carbocycles. The Morgan fingerprint density at radius 1 is 1.39 bits per heavy atom. The fourth-order valence-electron chi connectivity index (χ4n) is 2.03. The highest BCUT2D eigenvalue weighted by molar-refractivity contribution is 9.10. The Labute approximate surface area is 114 Å². The summed E-state index contributed by atoms with van der Waals surface area (Å²) in [6.07, 6.45) is 2.25. The van der Waals surface area contributed by atoms with Crippen LogP contribution in [-0.4, -0.2) is 7.05 Å². The molecule has 1 aromatic carbocycles. The van der Waals surface area contributed by atoms with E-state index in [4.69, 9.17) is 4.42 Å². The second kappa shape index (κ2) is 5.67. The molecule has 0 saturated heterocycles. The average molecular weight is 312 g/mol. The zero-order valence-corrected chi connectivity index (χ0v) is 11.9. The molecule has 1 atom stereocenters. The molecule has 1 unspecified atom stereocenters. The number of rotatable bonds is 4. The van der Waals surface area contributed by atoms with Crippen molar-refractivity contribution in [2.75, 3.05) is 7.05 Å². The van der Waals surface area contributed by atoms with Gasteiger partial charge < -0.3 is 9.73 Å². The summed E-state index contributed by atoms with van der Waals surface area (Å²) >= 11 is 3.26. The molecule has 2 aromatic rings. The first-order valence-corrected chi connectivity index (χ1v) is 6.56. The molecule has 2 rings (SSSR count). The maximum atomic E-state index is 13.8. The van der Waals surface area contributed by atoms with Crippen molar-refractivity contribution in [1.29, 1.82) is 0 Å². The lowest BCUT2D eigenvalue weighted by molar-refractivity contribution is 0.507. The van der Waals surface area contributed by atoms with E-state index in [-0.39, 0.29) is 11.9 Å². The quantitative estimate of drug-likeness (QED) is 0.923. The van der Waals surface area contributed by atoms with E-state index >= 15 is 0 Å². The minimum absolute atomic E-state index is 0.0550. The Balaban J connectivity index is 2.23. The third kappa shape index (κ3) is 2.82. The van der Waals surface area contributed by atoms with Gasteiger partial charge in [-0.1, -0.05) is 22.0 Å². The normalized spacial score (nSPS) is 12.7. The van der Waals surface area contributed by atoms with E-state index < -0.39 is 0 Å². The monoisotopic (exact) mass is 311 g/mol. The summed E-state index contributed by atoms with van der Waals surface area (Å²) in [5, 5.41) is 3.20. The van der Waals surface area contributed by atoms with Gasteiger partial charge in [-0.2, -0.15) is 0 Å². The van der Waals surface area contributed by atoms with Gasteiger partial charge in [0.05, 0.1) is 6.26 Å². The standard InChI is InChI=1S/C14H15BrFNO/c1-9-12(5-6-18-9)14(17-2)7-10-3-4-11(15)8-13(10)16/h3-6,8,14,17H,7H2,1-2H3. The molecule has 0 saturated carbocycles. The van der Waals surface area contributed by atoms with Crippen molar-refractivity contribution in [2.45, 2.75) is 19.4 Å². The van der Waals surface area contributed by atoms with Crippen LogP contribution in [0.5, 0.6) is 0 Å². The van der Waals surface area contributed by atoms with Gasteiger partial charge in [-0.25, -0.2) is 4.39 Å². The molecule has 0 aliphatic rings. The number of halogens is 2. The van der Waals surface area contributed by atoms with Gasteiger partial charge in [-0.05, 0) is 44.2 Å². The molecular formula is C14H15BrFNO. The Hall–Kier alpha value is -1.13. The van der Waals surface area contributed by atoms with Crippen molar-refractivity contribution in [3.63, 3.8) is 0 Å². The summed E-state index contributed by atoms with van der Waals surface area (Å²) in [5.74, 6) is 0.678. The van der Waals surface area contributed by atoms with Crippen molar-refractivity contribution in [1.82, 2.24) is 5.32 Å². The lowest BCUT2D eigenvalue weighted by Gasteiger charge is -2.16. The molecule has 0 aliphatic heterocycles. The predicted octanol–water partition coefficient (Wildman–Crippen LogP) is 3.99. The summed E-state index contributed by atoms with van der Waals surface area (Å²) < 4.78 is 19.9. The second-order valence-corrected chi connectivity index (χ2v) is 5.13. The molecule has 0 bridgehead atoms. The molecule has 1 aromatic heterocycles. The Morgan fingerprint density at radius 3 is 2.72 bits per heavy atom. The Morgan fingerprint density at radius 2 is 2.17 bits per heavy atom. The third-order valence-electron chi connectivity index (χ3n) is 3.06. The Kier molecular flexibility index (Phi) is 4.19. The molecule has 0 spiro atoms. The second-order valence-electron chi connectivity index (χ2n) is 4.21. The van der Waals surface area contributed by atoms with Gasteiger partial charge >= 0.3 is 0 Å². The lowest BCUT2D eigenvalue weighted by atomic mass is 9.99. The minimum Gasteiger partial charge on any atom is -0.469 e. The van der Waals surface area contributed by atoms with E-state index in [1.165, 1.54) is 6.07 Å². The zero-order chi connectivity index (χ0) is 13.1. The molecule has 2 nitrogen and oxygen atoms in total. The van der Waals surface area contributed by atoms with Gasteiger partial charge in [0, 0.05) is 16.1 Å².